The van der Waals surface area contributed by atoms with Crippen LogP contribution in [0.2, 0.25) is 0 Å². The molecule has 0 aliphatic carbocycles. The number of rotatable bonds is 14. The van der Waals surface area contributed by atoms with Crippen molar-refractivity contribution in [2.45, 2.75) is 37.8 Å². The van der Waals surface area contributed by atoms with E-state index in [1.165, 1.54) is 0 Å². The van der Waals surface area contributed by atoms with Crippen molar-refractivity contribution in [1.29, 1.82) is 5.41 Å². The van der Waals surface area contributed by atoms with E-state index in [1.54, 1.807) is 6.29 Å². The van der Waals surface area contributed by atoms with Crippen molar-refractivity contribution < 1.29 is 19.2 Å². The molecule has 0 aliphatic heterocycles. The molecule has 0 spiro atoms. The minimum absolute atomic E-state index is 0.0618. The number of carbonyl (C=O) groups excluding carboxylic acids is 4. The summed E-state index contributed by atoms with van der Waals surface area (Å²) in [5.41, 5.74) is 11.4. The lowest BCUT2D eigenvalue weighted by Crippen LogP contribution is -2.50. The zero-order valence-corrected chi connectivity index (χ0v) is 17.3. The van der Waals surface area contributed by atoms with E-state index in [4.69, 9.17) is 16.9 Å². The molecule has 2 atom stereocenters. The van der Waals surface area contributed by atoms with Crippen molar-refractivity contribution in [3.63, 3.8) is 0 Å². The van der Waals surface area contributed by atoms with Crippen LogP contribution < -0.4 is 32.7 Å². The maximum Gasteiger partial charge on any atom is 0.243 e. The molecule has 0 unspecified atom stereocenters. The average Bonchev–Trinajstić information content (AvgIpc) is 2.74. The van der Waals surface area contributed by atoms with Gasteiger partial charge in [-0.3, -0.25) is 24.6 Å². The molecule has 3 amide bonds. The van der Waals surface area contributed by atoms with Crippen molar-refractivity contribution in [2.24, 2.45) is 11.5 Å². The van der Waals surface area contributed by atoms with Gasteiger partial charge in [-0.1, -0.05) is 30.3 Å². The van der Waals surface area contributed by atoms with Crippen LogP contribution in [0, 0.1) is 5.41 Å². The van der Waals surface area contributed by atoms with Gasteiger partial charge in [-0.05, 0) is 18.4 Å². The zero-order chi connectivity index (χ0) is 23.1. The molecule has 0 aliphatic rings. The molecule has 0 fully saturated rings. The first-order chi connectivity index (χ1) is 14.8. The third-order valence-electron chi connectivity index (χ3n) is 4.19. The first-order valence-electron chi connectivity index (χ1n) is 9.91. The molecule has 0 saturated heterocycles. The Kier molecular flexibility index (Phi) is 12.0. The highest BCUT2D eigenvalue weighted by atomic mass is 16.2. The Morgan fingerprint density at radius 1 is 1.06 bits per heavy atom. The maximum absolute atomic E-state index is 12.5. The van der Waals surface area contributed by atoms with Gasteiger partial charge >= 0.3 is 0 Å². The zero-order valence-electron chi connectivity index (χ0n) is 17.3. The molecule has 1 aromatic rings. The number of nitrogens with two attached hydrogens (primary N) is 2. The second-order valence-corrected chi connectivity index (χ2v) is 6.79. The topological polar surface area (TPSA) is 192 Å². The van der Waals surface area contributed by atoms with Crippen LogP contribution in [0.4, 0.5) is 0 Å². The van der Waals surface area contributed by atoms with Gasteiger partial charge in [0, 0.05) is 25.9 Å². The molecule has 0 saturated carbocycles. The first-order valence-corrected chi connectivity index (χ1v) is 9.91. The summed E-state index contributed by atoms with van der Waals surface area (Å²) in [7, 11) is 0. The summed E-state index contributed by atoms with van der Waals surface area (Å²) in [5.74, 6) is -1.67. The molecule has 0 bridgehead atoms. The molecule has 1 aromatic carbocycles. The van der Waals surface area contributed by atoms with E-state index in [9.17, 15) is 19.2 Å². The van der Waals surface area contributed by atoms with Gasteiger partial charge in [0.1, 0.15) is 6.04 Å². The SMILES string of the molecule is N=C(N)NCCC[C@H](NC(=O)CCN)C(=O)NCC(=O)N[C@H]([C]=O)Cc1ccccc1. The van der Waals surface area contributed by atoms with Crippen LogP contribution in [0.25, 0.3) is 0 Å². The van der Waals surface area contributed by atoms with Crippen LogP contribution in [-0.2, 0) is 25.6 Å². The summed E-state index contributed by atoms with van der Waals surface area (Å²) in [6.07, 6.45) is 2.84. The molecular weight excluding hydrogens is 402 g/mol. The summed E-state index contributed by atoms with van der Waals surface area (Å²) < 4.78 is 0. The van der Waals surface area contributed by atoms with Gasteiger partial charge in [-0.2, -0.15) is 0 Å². The van der Waals surface area contributed by atoms with Crippen LogP contribution in [0.5, 0.6) is 0 Å². The van der Waals surface area contributed by atoms with Gasteiger partial charge in [0.05, 0.1) is 12.6 Å². The number of carbonyl (C=O) groups is 3. The Balaban J connectivity index is 2.54. The van der Waals surface area contributed by atoms with E-state index in [1.807, 2.05) is 30.3 Å². The third kappa shape index (κ3) is 11.3. The number of nitrogens with one attached hydrogen (secondary N) is 5. The normalized spacial score (nSPS) is 12.2. The Hall–Kier alpha value is -3.47. The highest BCUT2D eigenvalue weighted by Gasteiger charge is 2.21. The number of guanidine groups is 1. The first kappa shape index (κ1) is 25.6. The Morgan fingerprint density at radius 2 is 1.77 bits per heavy atom. The molecular formula is C20H30N7O4. The highest BCUT2D eigenvalue weighted by molar-refractivity contribution is 5.91. The lowest BCUT2D eigenvalue weighted by atomic mass is 10.1. The quantitative estimate of drug-likeness (QED) is 0.101. The van der Waals surface area contributed by atoms with Crippen LogP contribution in [-0.4, -0.2) is 61.7 Å². The van der Waals surface area contributed by atoms with E-state index >= 15 is 0 Å². The van der Waals surface area contributed by atoms with Gasteiger partial charge in [0.2, 0.25) is 24.0 Å². The second-order valence-electron chi connectivity index (χ2n) is 6.79. The van der Waals surface area contributed by atoms with Crippen molar-refractivity contribution in [1.82, 2.24) is 21.3 Å². The molecule has 0 heterocycles. The van der Waals surface area contributed by atoms with Crippen molar-refractivity contribution in [2.75, 3.05) is 19.6 Å². The number of hydrogen-bond donors (Lipinski definition) is 7. The Bertz CT molecular complexity index is 742. The molecule has 9 N–H and O–H groups in total. The monoisotopic (exact) mass is 432 g/mol. The Morgan fingerprint density at radius 3 is 2.39 bits per heavy atom. The summed E-state index contributed by atoms with van der Waals surface area (Å²) in [5, 5.41) is 17.3. The summed E-state index contributed by atoms with van der Waals surface area (Å²) in [6.45, 7) is 0.128. The van der Waals surface area contributed by atoms with Crippen molar-refractivity contribution in [3.8, 4) is 0 Å². The minimum atomic E-state index is -0.877. The molecule has 11 heteroatoms. The van der Waals surface area contributed by atoms with Crippen molar-refractivity contribution >= 4 is 30.0 Å². The smallest absolute Gasteiger partial charge is 0.243 e. The van der Waals surface area contributed by atoms with Crippen LogP contribution >= 0.6 is 0 Å². The third-order valence-corrected chi connectivity index (χ3v) is 4.19. The number of amides is 3. The van der Waals surface area contributed by atoms with E-state index in [-0.39, 0.29) is 44.2 Å². The summed E-state index contributed by atoms with van der Waals surface area (Å²) in [4.78, 5) is 47.6. The van der Waals surface area contributed by atoms with Gasteiger partial charge in [0.15, 0.2) is 5.96 Å². The van der Waals surface area contributed by atoms with E-state index in [0.29, 0.717) is 13.0 Å². The minimum Gasteiger partial charge on any atom is -0.370 e. The molecule has 1 rings (SSSR count). The molecule has 0 aromatic heterocycles. The second kappa shape index (κ2) is 14.5. The van der Waals surface area contributed by atoms with Crippen molar-refractivity contribution in [3.05, 3.63) is 35.9 Å². The predicted molar refractivity (Wildman–Crippen MR) is 116 cm³/mol. The average molecular weight is 433 g/mol. The molecule has 169 valence electrons. The van der Waals surface area contributed by atoms with Gasteiger partial charge in [0.25, 0.3) is 0 Å². The van der Waals surface area contributed by atoms with Gasteiger partial charge in [-0.15, -0.1) is 0 Å². The van der Waals surface area contributed by atoms with Crippen LogP contribution in [0.1, 0.15) is 24.8 Å². The molecule has 11 nitrogen and oxygen atoms in total. The Labute approximate surface area is 181 Å². The van der Waals surface area contributed by atoms with Crippen LogP contribution in [0.3, 0.4) is 0 Å². The molecule has 1 radical (unpaired) electrons. The van der Waals surface area contributed by atoms with Gasteiger partial charge in [-0.25, -0.2) is 0 Å². The lowest BCUT2D eigenvalue weighted by molar-refractivity contribution is -0.130. The van der Waals surface area contributed by atoms with Crippen LogP contribution in [0.15, 0.2) is 30.3 Å². The maximum atomic E-state index is 12.5. The number of hydrogen-bond acceptors (Lipinski definition) is 6. The summed E-state index contributed by atoms with van der Waals surface area (Å²) in [6, 6.07) is 7.43. The highest BCUT2D eigenvalue weighted by Crippen LogP contribution is 2.02. The lowest BCUT2D eigenvalue weighted by Gasteiger charge is -2.19. The predicted octanol–water partition coefficient (Wildman–Crippen LogP) is -1.96. The number of benzene rings is 1. The fourth-order valence-corrected chi connectivity index (χ4v) is 2.70. The van der Waals surface area contributed by atoms with E-state index in [2.05, 4.69) is 21.3 Å². The van der Waals surface area contributed by atoms with E-state index < -0.39 is 23.9 Å². The largest absolute Gasteiger partial charge is 0.370 e. The fraction of sp³-hybridized carbons (Fsp3) is 0.450. The summed E-state index contributed by atoms with van der Waals surface area (Å²) >= 11 is 0. The fourth-order valence-electron chi connectivity index (χ4n) is 2.70. The molecule has 31 heavy (non-hydrogen) atoms. The van der Waals surface area contributed by atoms with Gasteiger partial charge < -0.3 is 32.7 Å². The van der Waals surface area contributed by atoms with E-state index in [0.717, 1.165) is 5.56 Å². The standard InChI is InChI=1S/C20H30N7O4/c21-9-8-17(29)27-16(7-4-10-24-20(22)23)19(31)25-12-18(30)26-15(13-28)11-14-5-2-1-3-6-14/h1-3,5-6,15-16H,4,7-12,21H2,(H,25,31)(H,26,30)(H,27,29)(H4,22,23,24)/t15-,16-/m0/s1.